The van der Waals surface area contributed by atoms with Crippen LogP contribution in [0.2, 0.25) is 0 Å². The molecule has 0 aliphatic carbocycles. The molecular weight excluding hydrogens is 380 g/mol. The van der Waals surface area contributed by atoms with Crippen LogP contribution in [0.5, 0.6) is 0 Å². The first-order valence-electron chi connectivity index (χ1n) is 8.29. The molecule has 0 saturated carbocycles. The first-order chi connectivity index (χ1) is 12.9. The monoisotopic (exact) mass is 398 g/mol. The summed E-state index contributed by atoms with van der Waals surface area (Å²) in [5, 5.41) is 13.7. The minimum Gasteiger partial charge on any atom is -0.264 e. The van der Waals surface area contributed by atoms with E-state index in [-0.39, 0.29) is 16.1 Å². The summed E-state index contributed by atoms with van der Waals surface area (Å²) in [5.74, 6) is -0.353. The molecule has 0 bridgehead atoms. The molecule has 0 aromatic heterocycles. The average molecular weight is 399 g/mol. The molecule has 0 amide bonds. The molecule has 0 spiro atoms. The molecule has 138 valence electrons. The van der Waals surface area contributed by atoms with E-state index in [1.807, 2.05) is 44.2 Å². The summed E-state index contributed by atoms with van der Waals surface area (Å²) >= 11 is 1.31. The first-order valence-corrected chi connectivity index (χ1v) is 10.6. The van der Waals surface area contributed by atoms with Gasteiger partial charge in [0.05, 0.1) is 12.0 Å². The van der Waals surface area contributed by atoms with Gasteiger partial charge < -0.3 is 0 Å². The SMILES string of the molecule is Cc1ccc(S(=O)(=O)ON=C2C=CC(C(C#N)c3ccccc3C)S2)cc1. The Bertz CT molecular complexity index is 1040. The van der Waals surface area contributed by atoms with Crippen LogP contribution in [0.4, 0.5) is 0 Å². The Morgan fingerprint density at radius 1 is 1.15 bits per heavy atom. The molecule has 2 unspecified atom stereocenters. The smallest absolute Gasteiger partial charge is 0.264 e. The minimum atomic E-state index is -3.97. The quantitative estimate of drug-likeness (QED) is 0.702. The molecule has 2 aromatic rings. The number of benzene rings is 2. The fourth-order valence-corrected chi connectivity index (χ4v) is 4.51. The molecule has 2 atom stereocenters. The third kappa shape index (κ3) is 4.41. The Morgan fingerprint density at radius 2 is 1.85 bits per heavy atom. The van der Waals surface area contributed by atoms with Crippen molar-refractivity contribution < 1.29 is 12.7 Å². The predicted molar refractivity (Wildman–Crippen MR) is 107 cm³/mol. The highest BCUT2D eigenvalue weighted by molar-refractivity contribution is 8.15. The van der Waals surface area contributed by atoms with Crippen LogP contribution in [0.3, 0.4) is 0 Å². The Balaban J connectivity index is 1.72. The van der Waals surface area contributed by atoms with Crippen molar-refractivity contribution in [2.75, 3.05) is 0 Å². The lowest BCUT2D eigenvalue weighted by Crippen LogP contribution is -2.11. The van der Waals surface area contributed by atoms with Crippen molar-refractivity contribution in [1.29, 1.82) is 5.26 Å². The van der Waals surface area contributed by atoms with Crippen molar-refractivity contribution in [3.63, 3.8) is 0 Å². The summed E-state index contributed by atoms with van der Waals surface area (Å²) in [6.45, 7) is 3.84. The zero-order valence-electron chi connectivity index (χ0n) is 14.9. The summed E-state index contributed by atoms with van der Waals surface area (Å²) in [6.07, 6.45) is 3.54. The number of thioether (sulfide) groups is 1. The third-order valence-electron chi connectivity index (χ3n) is 4.21. The lowest BCUT2D eigenvalue weighted by Gasteiger charge is -2.16. The molecule has 7 heteroatoms. The Kier molecular flexibility index (Phi) is 5.68. The molecule has 0 radical (unpaired) electrons. The van der Waals surface area contributed by atoms with Crippen molar-refractivity contribution in [2.24, 2.45) is 5.16 Å². The molecule has 0 saturated heterocycles. The van der Waals surface area contributed by atoms with E-state index in [0.717, 1.165) is 16.7 Å². The fraction of sp³-hybridized carbons (Fsp3) is 0.200. The summed E-state index contributed by atoms with van der Waals surface area (Å²) in [7, 11) is -3.97. The van der Waals surface area contributed by atoms with Crippen LogP contribution in [-0.2, 0) is 14.4 Å². The van der Waals surface area contributed by atoms with Crippen LogP contribution in [0.25, 0.3) is 0 Å². The van der Waals surface area contributed by atoms with Crippen LogP contribution in [-0.4, -0.2) is 18.7 Å². The van der Waals surface area contributed by atoms with E-state index in [9.17, 15) is 13.7 Å². The molecule has 27 heavy (non-hydrogen) atoms. The molecule has 2 aromatic carbocycles. The van der Waals surface area contributed by atoms with E-state index < -0.39 is 10.1 Å². The maximum absolute atomic E-state index is 12.2. The second kappa shape index (κ2) is 7.99. The van der Waals surface area contributed by atoms with E-state index in [0.29, 0.717) is 5.04 Å². The van der Waals surface area contributed by atoms with Gasteiger partial charge in [0, 0.05) is 5.25 Å². The maximum atomic E-state index is 12.2. The number of nitrogens with zero attached hydrogens (tertiary/aromatic N) is 2. The highest BCUT2D eigenvalue weighted by Gasteiger charge is 2.28. The van der Waals surface area contributed by atoms with Gasteiger partial charge in [-0.1, -0.05) is 65.0 Å². The van der Waals surface area contributed by atoms with Gasteiger partial charge in [-0.15, -0.1) is 0 Å². The van der Waals surface area contributed by atoms with Crippen molar-refractivity contribution in [3.8, 4) is 6.07 Å². The molecule has 1 aliphatic rings. The second-order valence-corrected chi connectivity index (χ2v) is 8.90. The average Bonchev–Trinajstić information content (AvgIpc) is 3.11. The van der Waals surface area contributed by atoms with Gasteiger partial charge in [-0.2, -0.15) is 13.7 Å². The number of oxime groups is 1. The van der Waals surface area contributed by atoms with Crippen molar-refractivity contribution >= 4 is 26.9 Å². The van der Waals surface area contributed by atoms with Gasteiger partial charge in [0.25, 0.3) is 0 Å². The first kappa shape index (κ1) is 19.2. The van der Waals surface area contributed by atoms with Gasteiger partial charge in [-0.3, -0.25) is 4.28 Å². The van der Waals surface area contributed by atoms with E-state index in [1.165, 1.54) is 23.9 Å². The second-order valence-electron chi connectivity index (χ2n) is 6.18. The number of aryl methyl sites for hydroxylation is 2. The Labute approximate surface area is 163 Å². The number of nitriles is 1. The molecule has 1 aliphatic heterocycles. The van der Waals surface area contributed by atoms with Crippen molar-refractivity contribution in [3.05, 3.63) is 77.4 Å². The van der Waals surface area contributed by atoms with Gasteiger partial charge in [0.2, 0.25) is 0 Å². The topological polar surface area (TPSA) is 79.5 Å². The van der Waals surface area contributed by atoms with E-state index in [4.69, 9.17) is 4.28 Å². The molecular formula is C20H18N2O3S2. The predicted octanol–water partition coefficient (Wildman–Crippen LogP) is 4.30. The standard InChI is InChI=1S/C20H18N2O3S2/c1-14-7-9-16(10-8-14)27(23,24)25-22-20-12-11-19(26-20)18(13-21)17-6-4-3-5-15(17)2/h3-12,18-19H,1-2H3. The van der Waals surface area contributed by atoms with Gasteiger partial charge in [0.1, 0.15) is 9.94 Å². The van der Waals surface area contributed by atoms with Crippen LogP contribution in [0, 0.1) is 25.2 Å². The zero-order chi connectivity index (χ0) is 19.4. The van der Waals surface area contributed by atoms with E-state index >= 15 is 0 Å². The number of rotatable bonds is 5. The van der Waals surface area contributed by atoms with Gasteiger partial charge in [-0.25, -0.2) is 0 Å². The highest BCUT2D eigenvalue weighted by Crippen LogP contribution is 2.36. The van der Waals surface area contributed by atoms with Gasteiger partial charge in [0.15, 0.2) is 0 Å². The van der Waals surface area contributed by atoms with Crippen molar-refractivity contribution in [2.45, 2.75) is 29.9 Å². The largest absolute Gasteiger partial charge is 0.358 e. The Morgan fingerprint density at radius 3 is 2.52 bits per heavy atom. The number of hydrogen-bond acceptors (Lipinski definition) is 6. The molecule has 3 rings (SSSR count). The summed E-state index contributed by atoms with van der Waals surface area (Å²) in [5.41, 5.74) is 2.95. The minimum absolute atomic E-state index is 0.0517. The van der Waals surface area contributed by atoms with Crippen LogP contribution < -0.4 is 0 Å². The molecule has 1 heterocycles. The van der Waals surface area contributed by atoms with E-state index in [1.54, 1.807) is 18.2 Å². The summed E-state index contributed by atoms with van der Waals surface area (Å²) in [4.78, 5) is 0.0517. The van der Waals surface area contributed by atoms with Crippen LogP contribution >= 0.6 is 11.8 Å². The maximum Gasteiger partial charge on any atom is 0.358 e. The molecule has 0 fully saturated rings. The third-order valence-corrected chi connectivity index (χ3v) is 6.49. The zero-order valence-corrected chi connectivity index (χ0v) is 16.5. The lowest BCUT2D eigenvalue weighted by atomic mass is 9.93. The number of hydrogen-bond donors (Lipinski definition) is 0. The van der Waals surface area contributed by atoms with Crippen LogP contribution in [0.15, 0.2) is 70.7 Å². The van der Waals surface area contributed by atoms with E-state index in [2.05, 4.69) is 11.2 Å². The molecule has 5 nitrogen and oxygen atoms in total. The molecule has 0 N–H and O–H groups in total. The van der Waals surface area contributed by atoms with Crippen molar-refractivity contribution in [1.82, 2.24) is 0 Å². The lowest BCUT2D eigenvalue weighted by molar-refractivity contribution is 0.340. The normalized spacial score (nSPS) is 19.0. The van der Waals surface area contributed by atoms with Crippen LogP contribution in [0.1, 0.15) is 22.6 Å². The highest BCUT2D eigenvalue weighted by atomic mass is 32.2. The summed E-state index contributed by atoms with van der Waals surface area (Å²) < 4.78 is 29.3. The van der Waals surface area contributed by atoms with Gasteiger partial charge in [-0.05, 0) is 43.2 Å². The van der Waals surface area contributed by atoms with Gasteiger partial charge >= 0.3 is 10.1 Å². The summed E-state index contributed by atoms with van der Waals surface area (Å²) in [6, 6.07) is 16.4. The fourth-order valence-electron chi connectivity index (χ4n) is 2.72. The Hall–Kier alpha value is -2.56.